The summed E-state index contributed by atoms with van der Waals surface area (Å²) in [4.78, 5) is 76.1. The maximum absolute atomic E-state index is 12.7. The maximum atomic E-state index is 12.7. The molecule has 14 heteroatoms. The van der Waals surface area contributed by atoms with E-state index in [2.05, 4.69) is 13.2 Å². The van der Waals surface area contributed by atoms with Gasteiger partial charge in [-0.15, -0.1) is 0 Å². The van der Waals surface area contributed by atoms with Crippen LogP contribution in [0.5, 0.6) is 0 Å². The fourth-order valence-corrected chi connectivity index (χ4v) is 6.18. The monoisotopic (exact) mass is 568 g/mol. The Morgan fingerprint density at radius 1 is 0.811 bits per heavy atom. The minimum absolute atomic E-state index is 0.00396. The van der Waals surface area contributed by atoms with Crippen LogP contribution in [0.2, 0.25) is 0 Å². The number of carbonyl (C=O) groups is 3. The molecule has 214 valence electrons. The number of hydrogen-bond acceptors (Lipinski definition) is 6. The van der Waals surface area contributed by atoms with Crippen LogP contribution in [0.25, 0.3) is 0 Å². The van der Waals surface area contributed by atoms with E-state index in [1.807, 2.05) is 6.92 Å². The second-order valence-electron chi connectivity index (χ2n) is 8.60. The highest BCUT2D eigenvalue weighted by molar-refractivity contribution is 7.70. The van der Waals surface area contributed by atoms with E-state index in [1.54, 1.807) is 4.90 Å². The highest BCUT2D eigenvalue weighted by Gasteiger charge is 2.42. The van der Waals surface area contributed by atoms with Crippen LogP contribution in [-0.4, -0.2) is 85.3 Å². The van der Waals surface area contributed by atoms with E-state index in [0.29, 0.717) is 32.2 Å². The molecule has 0 aliphatic carbocycles. The van der Waals surface area contributed by atoms with Gasteiger partial charge in [0.1, 0.15) is 6.61 Å². The van der Waals surface area contributed by atoms with E-state index < -0.39 is 26.6 Å². The molecule has 0 saturated heterocycles. The zero-order valence-electron chi connectivity index (χ0n) is 21.6. The fourth-order valence-electron chi connectivity index (χ4n) is 3.58. The van der Waals surface area contributed by atoms with Crippen LogP contribution in [0.15, 0.2) is 25.3 Å². The molecule has 0 aliphatic rings. The summed E-state index contributed by atoms with van der Waals surface area (Å²) in [5.41, 5.74) is 0. The number of unbranched alkanes of at least 4 members (excludes halogenated alkanes) is 5. The normalized spacial score (nSPS) is 11.7. The number of nitrogens with zero attached hydrogens (tertiary/aromatic N) is 2. The van der Waals surface area contributed by atoms with Crippen LogP contribution >= 0.6 is 15.2 Å². The molecule has 0 aromatic heterocycles. The third-order valence-corrected chi connectivity index (χ3v) is 9.54. The van der Waals surface area contributed by atoms with Gasteiger partial charge in [0.25, 0.3) is 0 Å². The SMILES string of the molecule is C=CC(=O)OCCN(CCN(CCCCCCC(P(=O)(O)O)P(=O)(O)O)C(=O)C=C)C(=O)CCCCC. The van der Waals surface area contributed by atoms with Crippen molar-refractivity contribution in [3.8, 4) is 0 Å². The van der Waals surface area contributed by atoms with Gasteiger partial charge in [-0.3, -0.25) is 18.7 Å². The lowest BCUT2D eigenvalue weighted by molar-refractivity contribution is -0.141. The van der Waals surface area contributed by atoms with Gasteiger partial charge >= 0.3 is 21.2 Å². The predicted molar refractivity (Wildman–Crippen MR) is 140 cm³/mol. The first-order chi connectivity index (χ1) is 17.3. The number of ether oxygens (including phenoxy) is 1. The summed E-state index contributed by atoms with van der Waals surface area (Å²) in [5.74, 6) is -1.01. The number of carbonyl (C=O) groups excluding carboxylic acids is 3. The lowest BCUT2D eigenvalue weighted by atomic mass is 10.1. The van der Waals surface area contributed by atoms with Gasteiger partial charge in [-0.25, -0.2) is 4.79 Å². The third-order valence-electron chi connectivity index (χ3n) is 5.66. The Kier molecular flexibility index (Phi) is 17.5. The van der Waals surface area contributed by atoms with Crippen molar-refractivity contribution in [1.29, 1.82) is 0 Å². The predicted octanol–water partition coefficient (Wildman–Crippen LogP) is 2.77. The van der Waals surface area contributed by atoms with E-state index in [1.165, 1.54) is 11.0 Å². The quantitative estimate of drug-likeness (QED) is 0.0695. The Morgan fingerprint density at radius 3 is 1.95 bits per heavy atom. The Morgan fingerprint density at radius 2 is 1.41 bits per heavy atom. The summed E-state index contributed by atoms with van der Waals surface area (Å²) in [6.07, 6.45) is 6.63. The van der Waals surface area contributed by atoms with Gasteiger partial charge in [-0.2, -0.15) is 0 Å². The molecule has 0 atom stereocenters. The first kappa shape index (κ1) is 35.2. The van der Waals surface area contributed by atoms with E-state index in [9.17, 15) is 43.1 Å². The van der Waals surface area contributed by atoms with Gasteiger partial charge in [0.05, 0.1) is 6.54 Å². The molecule has 0 aliphatic heterocycles. The van der Waals surface area contributed by atoms with Gasteiger partial charge in [0, 0.05) is 32.1 Å². The van der Waals surface area contributed by atoms with Crippen LogP contribution in [-0.2, 0) is 28.3 Å². The minimum atomic E-state index is -4.93. The van der Waals surface area contributed by atoms with Crippen molar-refractivity contribution >= 4 is 33.0 Å². The third kappa shape index (κ3) is 15.9. The van der Waals surface area contributed by atoms with E-state index >= 15 is 0 Å². The summed E-state index contributed by atoms with van der Waals surface area (Å²) < 4.78 is 27.7. The lowest BCUT2D eigenvalue weighted by Crippen LogP contribution is -2.42. The van der Waals surface area contributed by atoms with Crippen LogP contribution in [0.3, 0.4) is 0 Å². The number of hydrogen-bond donors (Lipinski definition) is 4. The molecule has 37 heavy (non-hydrogen) atoms. The average molecular weight is 569 g/mol. The molecule has 0 unspecified atom stereocenters. The topological polar surface area (TPSA) is 182 Å². The highest BCUT2D eigenvalue weighted by Crippen LogP contribution is 2.61. The molecular formula is C23H42N2O10P2. The maximum Gasteiger partial charge on any atom is 0.340 e. The zero-order valence-corrected chi connectivity index (χ0v) is 23.4. The van der Waals surface area contributed by atoms with Crippen molar-refractivity contribution in [1.82, 2.24) is 9.80 Å². The summed E-state index contributed by atoms with van der Waals surface area (Å²) in [7, 11) is -9.86. The molecule has 0 rings (SSSR count). The summed E-state index contributed by atoms with van der Waals surface area (Å²) in [5, 5.41) is -2.01. The molecule has 4 N–H and O–H groups in total. The summed E-state index contributed by atoms with van der Waals surface area (Å²) >= 11 is 0. The molecule has 0 bridgehead atoms. The molecule has 0 aromatic rings. The smallest absolute Gasteiger partial charge is 0.340 e. The van der Waals surface area contributed by atoms with Gasteiger partial charge in [0.15, 0.2) is 5.40 Å². The van der Waals surface area contributed by atoms with Crippen LogP contribution < -0.4 is 0 Å². The Balaban J connectivity index is 4.85. The molecule has 0 saturated carbocycles. The van der Waals surface area contributed by atoms with E-state index in [0.717, 1.165) is 25.3 Å². The molecule has 2 amide bonds. The van der Waals surface area contributed by atoms with Crippen molar-refractivity contribution in [2.75, 3.05) is 32.8 Å². The minimum Gasteiger partial charge on any atom is -0.461 e. The van der Waals surface area contributed by atoms with Crippen LogP contribution in [0.4, 0.5) is 0 Å². The first-order valence-corrected chi connectivity index (χ1v) is 15.7. The second kappa shape index (κ2) is 18.4. The van der Waals surface area contributed by atoms with Crippen LogP contribution in [0, 0.1) is 0 Å². The zero-order chi connectivity index (χ0) is 28.5. The molecule has 0 fully saturated rings. The molecule has 0 radical (unpaired) electrons. The highest BCUT2D eigenvalue weighted by atomic mass is 31.2. The molecule has 0 heterocycles. The van der Waals surface area contributed by atoms with E-state index in [4.69, 9.17) is 4.74 Å². The van der Waals surface area contributed by atoms with Crippen molar-refractivity contribution in [2.24, 2.45) is 0 Å². The molecule has 12 nitrogen and oxygen atoms in total. The van der Waals surface area contributed by atoms with E-state index in [-0.39, 0.29) is 50.9 Å². The largest absolute Gasteiger partial charge is 0.461 e. The first-order valence-electron chi connectivity index (χ1n) is 12.4. The van der Waals surface area contributed by atoms with Gasteiger partial charge in [-0.05, 0) is 25.3 Å². The molecular weight excluding hydrogens is 526 g/mol. The van der Waals surface area contributed by atoms with Crippen molar-refractivity contribution in [3.63, 3.8) is 0 Å². The Labute approximate surface area is 219 Å². The lowest BCUT2D eigenvalue weighted by Gasteiger charge is -2.27. The van der Waals surface area contributed by atoms with Gasteiger partial charge < -0.3 is 34.1 Å². The van der Waals surface area contributed by atoms with Crippen molar-refractivity contribution in [2.45, 2.75) is 70.1 Å². The number of amides is 2. The Hall–Kier alpha value is -1.81. The second-order valence-corrected chi connectivity index (χ2v) is 12.6. The Bertz CT molecular complexity index is 817. The fraction of sp³-hybridized carbons (Fsp3) is 0.696. The van der Waals surface area contributed by atoms with Gasteiger partial charge in [0.2, 0.25) is 11.8 Å². The molecule has 0 aromatic carbocycles. The van der Waals surface area contributed by atoms with Crippen molar-refractivity contribution < 1.29 is 47.8 Å². The number of rotatable bonds is 21. The standard InChI is InChI=1S/C23H42N2O10P2/c1-4-7-10-13-21(27)25(18-19-35-22(28)6-3)17-16-24(20(26)5-2)15-12-9-8-11-14-23(36(29,30)31)37(32,33)34/h5-6,23H,2-4,7-19H2,1H3,(H2,29,30,31)(H2,32,33,34). The number of esters is 1. The summed E-state index contributed by atoms with van der Waals surface area (Å²) in [6, 6.07) is 0. The van der Waals surface area contributed by atoms with Crippen LogP contribution in [0.1, 0.15) is 64.7 Å². The van der Waals surface area contributed by atoms with Gasteiger partial charge in [-0.1, -0.05) is 52.2 Å². The molecule has 0 spiro atoms. The average Bonchev–Trinajstić information content (AvgIpc) is 2.81. The van der Waals surface area contributed by atoms with Crippen molar-refractivity contribution in [3.05, 3.63) is 25.3 Å². The summed E-state index contributed by atoms with van der Waals surface area (Å²) in [6.45, 7) is 9.87.